The molecule has 2 N–H and O–H groups in total. The van der Waals surface area contributed by atoms with Crippen molar-refractivity contribution in [2.24, 2.45) is 5.92 Å². The zero-order valence-electron chi connectivity index (χ0n) is 9.06. The number of hydrogen-bond acceptors (Lipinski definition) is 2. The monoisotopic (exact) mass is 233 g/mol. The van der Waals surface area contributed by atoms with Gasteiger partial charge in [-0.3, -0.25) is 0 Å². The highest BCUT2D eigenvalue weighted by Crippen LogP contribution is 2.45. The van der Waals surface area contributed by atoms with Crippen LogP contribution in [0.2, 0.25) is 0 Å². The van der Waals surface area contributed by atoms with Crippen LogP contribution in [0.3, 0.4) is 0 Å². The van der Waals surface area contributed by atoms with Crippen molar-refractivity contribution in [3.63, 3.8) is 0 Å². The van der Waals surface area contributed by atoms with E-state index in [2.05, 4.69) is 5.32 Å². The first-order chi connectivity index (χ1) is 8.18. The van der Waals surface area contributed by atoms with Gasteiger partial charge in [0.15, 0.2) is 0 Å². The van der Waals surface area contributed by atoms with Crippen LogP contribution >= 0.6 is 0 Å². The zero-order valence-corrected chi connectivity index (χ0v) is 9.06. The average Bonchev–Trinajstić information content (AvgIpc) is 2.77. The summed E-state index contributed by atoms with van der Waals surface area (Å²) in [6.45, 7) is 0. The van der Waals surface area contributed by atoms with E-state index in [9.17, 15) is 14.3 Å². The summed E-state index contributed by atoms with van der Waals surface area (Å²) in [5.74, 6) is -1.30. The summed E-state index contributed by atoms with van der Waals surface area (Å²) in [6, 6.07) is 4.17. The van der Waals surface area contributed by atoms with Crippen LogP contribution in [0.15, 0.2) is 30.4 Å². The second-order valence-electron chi connectivity index (χ2n) is 4.52. The van der Waals surface area contributed by atoms with E-state index in [1.54, 1.807) is 6.07 Å². The highest BCUT2D eigenvalue weighted by Gasteiger charge is 2.41. The van der Waals surface area contributed by atoms with Gasteiger partial charge in [0, 0.05) is 11.8 Å². The van der Waals surface area contributed by atoms with Crippen LogP contribution in [0, 0.1) is 11.7 Å². The number of hydrogen-bond donors (Lipinski definition) is 2. The van der Waals surface area contributed by atoms with E-state index in [1.807, 2.05) is 18.2 Å². The number of halogens is 1. The van der Waals surface area contributed by atoms with Crippen LogP contribution in [0.1, 0.15) is 17.9 Å². The fourth-order valence-corrected chi connectivity index (χ4v) is 2.83. The standard InChI is InChI=1S/C13H12FNO2/c14-10-6-2-5-8-7-3-1-4-9(7)12(13(16)17)15-11(8)10/h1-3,5-7,9,12,15H,4H2,(H,16,17)/t7-,9-,12+/m0/s1. The van der Waals surface area contributed by atoms with E-state index >= 15 is 0 Å². The first-order valence-electron chi connectivity index (χ1n) is 5.63. The van der Waals surface area contributed by atoms with E-state index in [0.29, 0.717) is 5.69 Å². The number of nitrogens with one attached hydrogen (secondary N) is 1. The van der Waals surface area contributed by atoms with Gasteiger partial charge >= 0.3 is 5.97 Å². The van der Waals surface area contributed by atoms with Crippen LogP contribution in [0.5, 0.6) is 0 Å². The van der Waals surface area contributed by atoms with Gasteiger partial charge in [-0.25, -0.2) is 9.18 Å². The number of fused-ring (bicyclic) bond motifs is 3. The summed E-state index contributed by atoms with van der Waals surface area (Å²) in [5, 5.41) is 12.0. The molecule has 0 unspecified atom stereocenters. The number of carboxylic acid groups (broad SMARTS) is 1. The molecule has 0 bridgehead atoms. The lowest BCUT2D eigenvalue weighted by atomic mass is 9.79. The van der Waals surface area contributed by atoms with E-state index < -0.39 is 12.0 Å². The van der Waals surface area contributed by atoms with Crippen LogP contribution in [0.4, 0.5) is 10.1 Å². The predicted octanol–water partition coefficient (Wildman–Crippen LogP) is 2.36. The topological polar surface area (TPSA) is 49.3 Å². The molecular weight excluding hydrogens is 221 g/mol. The van der Waals surface area contributed by atoms with Crippen LogP contribution < -0.4 is 5.32 Å². The molecule has 3 nitrogen and oxygen atoms in total. The molecule has 1 aliphatic heterocycles. The van der Waals surface area contributed by atoms with E-state index in [-0.39, 0.29) is 17.7 Å². The Morgan fingerprint density at radius 2 is 2.29 bits per heavy atom. The van der Waals surface area contributed by atoms with E-state index in [1.165, 1.54) is 6.07 Å². The van der Waals surface area contributed by atoms with Gasteiger partial charge in [-0.1, -0.05) is 24.3 Å². The number of carbonyl (C=O) groups is 1. The molecule has 0 fully saturated rings. The number of rotatable bonds is 1. The Morgan fingerprint density at radius 1 is 1.47 bits per heavy atom. The SMILES string of the molecule is O=C(O)[C@@H]1Nc2c(F)cccc2[C@@H]2C=CC[C@H]12. The minimum atomic E-state index is -0.919. The number of benzene rings is 1. The summed E-state index contributed by atoms with van der Waals surface area (Å²) < 4.78 is 13.7. The molecule has 0 radical (unpaired) electrons. The predicted molar refractivity (Wildman–Crippen MR) is 61.4 cm³/mol. The molecule has 1 aliphatic carbocycles. The average molecular weight is 233 g/mol. The lowest BCUT2D eigenvalue weighted by molar-refractivity contribution is -0.139. The smallest absolute Gasteiger partial charge is 0.326 e. The molecule has 4 heteroatoms. The van der Waals surface area contributed by atoms with E-state index in [4.69, 9.17) is 0 Å². The van der Waals surface area contributed by atoms with Gasteiger partial charge in [-0.2, -0.15) is 0 Å². The summed E-state index contributed by atoms with van der Waals surface area (Å²) in [5.41, 5.74) is 1.20. The Bertz CT molecular complexity index is 512. The molecule has 1 aromatic rings. The summed E-state index contributed by atoms with van der Waals surface area (Å²) in [6.07, 6.45) is 4.69. The molecule has 1 heterocycles. The van der Waals surface area contributed by atoms with Gasteiger partial charge in [-0.15, -0.1) is 0 Å². The second-order valence-corrected chi connectivity index (χ2v) is 4.52. The molecule has 2 aliphatic rings. The molecule has 1 aromatic carbocycles. The number of allylic oxidation sites excluding steroid dienone is 2. The van der Waals surface area contributed by atoms with Crippen molar-refractivity contribution in [2.45, 2.75) is 18.4 Å². The van der Waals surface area contributed by atoms with Crippen molar-refractivity contribution in [1.29, 1.82) is 0 Å². The van der Waals surface area contributed by atoms with Gasteiger partial charge in [0.05, 0.1) is 5.69 Å². The fourth-order valence-electron chi connectivity index (χ4n) is 2.83. The Kier molecular flexibility index (Phi) is 2.18. The van der Waals surface area contributed by atoms with Crippen molar-refractivity contribution in [1.82, 2.24) is 0 Å². The Morgan fingerprint density at radius 3 is 3.06 bits per heavy atom. The summed E-state index contributed by atoms with van der Waals surface area (Å²) in [4.78, 5) is 11.2. The number of carboxylic acids is 1. The molecule has 0 aromatic heterocycles. The molecule has 0 saturated heterocycles. The molecule has 88 valence electrons. The van der Waals surface area contributed by atoms with Gasteiger partial charge in [0.2, 0.25) is 0 Å². The van der Waals surface area contributed by atoms with Crippen molar-refractivity contribution < 1.29 is 14.3 Å². The highest BCUT2D eigenvalue weighted by molar-refractivity contribution is 5.80. The molecule has 0 saturated carbocycles. The highest BCUT2D eigenvalue weighted by atomic mass is 19.1. The Balaban J connectivity index is 2.12. The molecule has 17 heavy (non-hydrogen) atoms. The van der Waals surface area contributed by atoms with Crippen molar-refractivity contribution in [3.05, 3.63) is 41.7 Å². The maximum Gasteiger partial charge on any atom is 0.326 e. The third kappa shape index (κ3) is 1.44. The van der Waals surface area contributed by atoms with Gasteiger partial charge in [-0.05, 0) is 18.1 Å². The Labute approximate surface area is 98.0 Å². The van der Waals surface area contributed by atoms with Gasteiger partial charge in [0.1, 0.15) is 11.9 Å². The van der Waals surface area contributed by atoms with Crippen LogP contribution in [-0.4, -0.2) is 17.1 Å². The third-order valence-corrected chi connectivity index (χ3v) is 3.61. The van der Waals surface area contributed by atoms with Crippen molar-refractivity contribution in [2.75, 3.05) is 5.32 Å². The van der Waals surface area contributed by atoms with E-state index in [0.717, 1.165) is 12.0 Å². The maximum absolute atomic E-state index is 13.7. The fraction of sp³-hybridized carbons (Fsp3) is 0.308. The largest absolute Gasteiger partial charge is 0.480 e. The maximum atomic E-state index is 13.7. The zero-order chi connectivity index (χ0) is 12.0. The van der Waals surface area contributed by atoms with Crippen molar-refractivity contribution >= 4 is 11.7 Å². The van der Waals surface area contributed by atoms with Crippen LogP contribution in [0.25, 0.3) is 0 Å². The van der Waals surface area contributed by atoms with Gasteiger partial charge < -0.3 is 10.4 Å². The number of aliphatic carboxylic acids is 1. The van der Waals surface area contributed by atoms with Crippen LogP contribution in [-0.2, 0) is 4.79 Å². The molecule has 3 rings (SSSR count). The minimum absolute atomic E-state index is 0.0122. The first kappa shape index (κ1) is 10.3. The quantitative estimate of drug-likeness (QED) is 0.732. The normalized spacial score (nSPS) is 29.4. The van der Waals surface area contributed by atoms with Crippen molar-refractivity contribution in [3.8, 4) is 0 Å². The second kappa shape index (κ2) is 3.58. The third-order valence-electron chi connectivity index (χ3n) is 3.61. The number of anilines is 1. The lowest BCUT2D eigenvalue weighted by Gasteiger charge is -2.34. The minimum Gasteiger partial charge on any atom is -0.480 e. The molecule has 0 spiro atoms. The lowest BCUT2D eigenvalue weighted by Crippen LogP contribution is -2.42. The Hall–Kier alpha value is -1.84. The molecular formula is C13H12FNO2. The molecule has 3 atom stereocenters. The summed E-state index contributed by atoms with van der Waals surface area (Å²) in [7, 11) is 0. The summed E-state index contributed by atoms with van der Waals surface area (Å²) >= 11 is 0. The number of para-hydroxylation sites is 1. The molecule has 0 amide bonds. The van der Waals surface area contributed by atoms with Gasteiger partial charge in [0.25, 0.3) is 0 Å². The first-order valence-corrected chi connectivity index (χ1v) is 5.63.